The van der Waals surface area contributed by atoms with Crippen molar-refractivity contribution < 1.29 is 22.8 Å². The van der Waals surface area contributed by atoms with E-state index in [-0.39, 0.29) is 11.5 Å². The monoisotopic (exact) mass is 453 g/mol. The minimum atomic E-state index is -4.62. The highest BCUT2D eigenvalue weighted by Gasteiger charge is 2.34. The van der Waals surface area contributed by atoms with Crippen LogP contribution in [0.25, 0.3) is 11.3 Å². The molecule has 1 amide bonds. The topological polar surface area (TPSA) is 72.0 Å². The van der Waals surface area contributed by atoms with Crippen LogP contribution in [0.5, 0.6) is 0 Å². The van der Waals surface area contributed by atoms with Crippen molar-refractivity contribution in [3.8, 4) is 11.3 Å². The van der Waals surface area contributed by atoms with Gasteiger partial charge in [-0.25, -0.2) is 4.98 Å². The van der Waals surface area contributed by atoms with E-state index in [1.54, 1.807) is 35.8 Å². The van der Waals surface area contributed by atoms with E-state index in [0.29, 0.717) is 22.0 Å². The number of thiazole rings is 1. The number of nitrogens with zero attached hydrogens (tertiary/aromatic N) is 2. The highest BCUT2D eigenvalue weighted by atomic mass is 32.1. The molecule has 0 aliphatic rings. The van der Waals surface area contributed by atoms with E-state index in [1.165, 1.54) is 41.8 Å². The van der Waals surface area contributed by atoms with Crippen molar-refractivity contribution in [3.05, 3.63) is 101 Å². The molecule has 0 radical (unpaired) electrons. The second kappa shape index (κ2) is 8.72. The number of hydrogen-bond acceptors (Lipinski definition) is 5. The van der Waals surface area contributed by atoms with Crippen molar-refractivity contribution in [2.45, 2.75) is 6.18 Å². The standard InChI is InChI=1S/C23H14F3N3O2S/c24-23(25,26)18-4-2-1-3-17(18)20(30)15-7-5-14(6-8-15)19-10-9-16(13-28-19)21(31)29-22-27-11-12-32-22/h1-13H,(H,27,29,31). The molecule has 4 rings (SSSR count). The van der Waals surface area contributed by atoms with E-state index < -0.39 is 23.1 Å². The number of carbonyl (C=O) groups is 2. The molecule has 0 saturated carbocycles. The minimum Gasteiger partial charge on any atom is -0.298 e. The highest BCUT2D eigenvalue weighted by molar-refractivity contribution is 7.13. The summed E-state index contributed by atoms with van der Waals surface area (Å²) >= 11 is 1.30. The van der Waals surface area contributed by atoms with Gasteiger partial charge in [0.1, 0.15) is 0 Å². The van der Waals surface area contributed by atoms with Gasteiger partial charge in [0.05, 0.1) is 16.8 Å². The zero-order valence-electron chi connectivity index (χ0n) is 16.3. The maximum Gasteiger partial charge on any atom is 0.417 e. The molecule has 2 aromatic carbocycles. The molecule has 0 aliphatic heterocycles. The summed E-state index contributed by atoms with van der Waals surface area (Å²) in [6.07, 6.45) is -1.63. The summed E-state index contributed by atoms with van der Waals surface area (Å²) in [7, 11) is 0. The Bertz CT molecular complexity index is 1250. The minimum absolute atomic E-state index is 0.130. The van der Waals surface area contributed by atoms with Crippen LogP contribution in [-0.2, 0) is 6.18 Å². The number of carbonyl (C=O) groups excluding carboxylic acids is 2. The number of aromatic nitrogens is 2. The second-order valence-corrected chi connectivity index (χ2v) is 7.57. The first-order valence-corrected chi connectivity index (χ1v) is 10.2. The molecule has 5 nitrogen and oxygen atoms in total. The van der Waals surface area contributed by atoms with Gasteiger partial charge in [-0.1, -0.05) is 42.5 Å². The molecule has 160 valence electrons. The first-order chi connectivity index (χ1) is 15.3. The second-order valence-electron chi connectivity index (χ2n) is 6.67. The lowest BCUT2D eigenvalue weighted by Gasteiger charge is -2.12. The Morgan fingerprint density at radius 3 is 2.22 bits per heavy atom. The Morgan fingerprint density at radius 1 is 0.875 bits per heavy atom. The molecule has 0 spiro atoms. The quantitative estimate of drug-likeness (QED) is 0.393. The van der Waals surface area contributed by atoms with Gasteiger partial charge in [-0.2, -0.15) is 13.2 Å². The molecule has 9 heteroatoms. The van der Waals surface area contributed by atoms with Crippen LogP contribution in [0.15, 0.2) is 78.4 Å². The molecule has 2 heterocycles. The predicted octanol–water partition coefficient (Wildman–Crippen LogP) is 5.71. The molecule has 0 saturated heterocycles. The van der Waals surface area contributed by atoms with E-state index in [1.807, 2.05) is 0 Å². The van der Waals surface area contributed by atoms with Crippen LogP contribution in [0.3, 0.4) is 0 Å². The van der Waals surface area contributed by atoms with E-state index in [9.17, 15) is 22.8 Å². The van der Waals surface area contributed by atoms with Crippen LogP contribution >= 0.6 is 11.3 Å². The maximum absolute atomic E-state index is 13.2. The van der Waals surface area contributed by atoms with Crippen molar-refractivity contribution in [2.24, 2.45) is 0 Å². The SMILES string of the molecule is O=C(Nc1nccs1)c1ccc(-c2ccc(C(=O)c3ccccc3C(F)(F)F)cc2)nc1. The Labute approximate surface area is 184 Å². The van der Waals surface area contributed by atoms with Crippen LogP contribution in [0.2, 0.25) is 0 Å². The lowest BCUT2D eigenvalue weighted by molar-refractivity contribution is -0.137. The fourth-order valence-electron chi connectivity index (χ4n) is 3.03. The number of amides is 1. The van der Waals surface area contributed by atoms with Crippen molar-refractivity contribution >= 4 is 28.2 Å². The molecule has 4 aromatic rings. The molecule has 1 N–H and O–H groups in total. The Kier molecular flexibility index (Phi) is 5.83. The van der Waals surface area contributed by atoms with Gasteiger partial charge in [-0.05, 0) is 18.2 Å². The number of rotatable bonds is 5. The van der Waals surface area contributed by atoms with Crippen LogP contribution in [-0.4, -0.2) is 21.7 Å². The lowest BCUT2D eigenvalue weighted by Crippen LogP contribution is -2.13. The third-order valence-electron chi connectivity index (χ3n) is 4.60. The zero-order chi connectivity index (χ0) is 22.7. The van der Waals surface area contributed by atoms with Gasteiger partial charge in [0.25, 0.3) is 5.91 Å². The summed E-state index contributed by atoms with van der Waals surface area (Å²) in [5.41, 5.74) is 0.302. The fraction of sp³-hybridized carbons (Fsp3) is 0.0435. The van der Waals surface area contributed by atoms with Gasteiger partial charge in [0.2, 0.25) is 0 Å². The molecule has 2 aromatic heterocycles. The van der Waals surface area contributed by atoms with Crippen molar-refractivity contribution in [1.29, 1.82) is 0 Å². The van der Waals surface area contributed by atoms with Crippen LogP contribution in [0.1, 0.15) is 31.8 Å². The van der Waals surface area contributed by atoms with Crippen molar-refractivity contribution in [3.63, 3.8) is 0 Å². The number of alkyl halides is 3. The number of pyridine rings is 1. The van der Waals surface area contributed by atoms with Gasteiger partial charge in [-0.3, -0.25) is 19.9 Å². The smallest absolute Gasteiger partial charge is 0.298 e. The largest absolute Gasteiger partial charge is 0.417 e. The summed E-state index contributed by atoms with van der Waals surface area (Å²) in [5, 5.41) is 4.88. The number of ketones is 1. The summed E-state index contributed by atoms with van der Waals surface area (Å²) in [6, 6.07) is 14.0. The number of benzene rings is 2. The number of halogens is 3. The maximum atomic E-state index is 13.2. The van der Waals surface area contributed by atoms with Gasteiger partial charge >= 0.3 is 6.18 Å². The van der Waals surface area contributed by atoms with Crippen molar-refractivity contribution in [2.75, 3.05) is 5.32 Å². The molecule has 0 bridgehead atoms. The lowest BCUT2D eigenvalue weighted by atomic mass is 9.97. The molecule has 0 aliphatic carbocycles. The summed E-state index contributed by atoms with van der Waals surface area (Å²) in [5.74, 6) is -1.06. The molecule has 0 atom stereocenters. The van der Waals surface area contributed by atoms with Crippen molar-refractivity contribution in [1.82, 2.24) is 9.97 Å². The Balaban J connectivity index is 1.52. The molecular formula is C23H14F3N3O2S. The number of anilines is 1. The fourth-order valence-corrected chi connectivity index (χ4v) is 3.55. The van der Waals surface area contributed by atoms with E-state index in [0.717, 1.165) is 12.1 Å². The van der Waals surface area contributed by atoms with Gasteiger partial charge in [-0.15, -0.1) is 11.3 Å². The van der Waals surface area contributed by atoms with Crippen LogP contribution < -0.4 is 5.32 Å². The van der Waals surface area contributed by atoms with Crippen LogP contribution in [0.4, 0.5) is 18.3 Å². The molecule has 0 unspecified atom stereocenters. The van der Waals surface area contributed by atoms with E-state index in [4.69, 9.17) is 0 Å². The van der Waals surface area contributed by atoms with Gasteiger partial charge in [0, 0.05) is 34.5 Å². The summed E-state index contributed by atoms with van der Waals surface area (Å²) < 4.78 is 39.6. The van der Waals surface area contributed by atoms with Crippen LogP contribution in [0, 0.1) is 0 Å². The highest BCUT2D eigenvalue weighted by Crippen LogP contribution is 2.33. The third-order valence-corrected chi connectivity index (χ3v) is 5.29. The normalized spacial score (nSPS) is 11.2. The third kappa shape index (κ3) is 4.57. The summed E-state index contributed by atoms with van der Waals surface area (Å²) in [4.78, 5) is 33.1. The first-order valence-electron chi connectivity index (χ1n) is 9.31. The average molecular weight is 453 g/mol. The average Bonchev–Trinajstić information content (AvgIpc) is 3.31. The molecular weight excluding hydrogens is 439 g/mol. The number of nitrogens with one attached hydrogen (secondary N) is 1. The van der Waals surface area contributed by atoms with Gasteiger partial charge in [0.15, 0.2) is 10.9 Å². The molecule has 32 heavy (non-hydrogen) atoms. The Morgan fingerprint density at radius 2 is 1.59 bits per heavy atom. The Hall–Kier alpha value is -3.85. The first kappa shape index (κ1) is 21.4. The predicted molar refractivity (Wildman–Crippen MR) is 115 cm³/mol. The summed E-state index contributed by atoms with van der Waals surface area (Å²) in [6.45, 7) is 0. The van der Waals surface area contributed by atoms with E-state index >= 15 is 0 Å². The number of hydrogen-bond donors (Lipinski definition) is 1. The van der Waals surface area contributed by atoms with Gasteiger partial charge < -0.3 is 0 Å². The van der Waals surface area contributed by atoms with E-state index in [2.05, 4.69) is 15.3 Å². The zero-order valence-corrected chi connectivity index (χ0v) is 17.1. The molecule has 0 fully saturated rings.